The molecule has 4 nitrogen and oxygen atoms in total. The van der Waals surface area contributed by atoms with Crippen molar-refractivity contribution < 1.29 is 14.8 Å². The number of ether oxygens (including phenoxy) is 1. The van der Waals surface area contributed by atoms with E-state index in [2.05, 4.69) is 0 Å². The van der Waals surface area contributed by atoms with Crippen LogP contribution in [-0.4, -0.2) is 31.3 Å². The van der Waals surface area contributed by atoms with Crippen molar-refractivity contribution in [3.05, 3.63) is 54.1 Å². The smallest absolute Gasteiger partial charge is 0.488 e. The van der Waals surface area contributed by atoms with Crippen molar-refractivity contribution in [2.24, 2.45) is 0 Å². The number of hydrogen-bond acceptors (Lipinski definition) is 4. The molecule has 0 aliphatic heterocycles. The highest BCUT2D eigenvalue weighted by Gasteiger charge is 2.16. The van der Waals surface area contributed by atoms with Gasteiger partial charge in [0.2, 0.25) is 0 Å². The van der Waals surface area contributed by atoms with Gasteiger partial charge in [0.1, 0.15) is 5.75 Å². The van der Waals surface area contributed by atoms with E-state index in [1.165, 1.54) is 0 Å². The van der Waals surface area contributed by atoms with Gasteiger partial charge in [0.05, 0.1) is 7.11 Å². The SMILES string of the molecule is COc1ccc(N(C)Cc2ccccc2B(O)O)cc1. The first kappa shape index (κ1) is 14.4. The monoisotopic (exact) mass is 271 g/mol. The fourth-order valence-electron chi connectivity index (χ4n) is 2.11. The normalized spacial score (nSPS) is 10.2. The molecule has 0 heterocycles. The lowest BCUT2D eigenvalue weighted by atomic mass is 9.77. The minimum atomic E-state index is -1.45. The van der Waals surface area contributed by atoms with Gasteiger partial charge in [-0.3, -0.25) is 0 Å². The van der Waals surface area contributed by atoms with Crippen LogP contribution in [0.1, 0.15) is 5.56 Å². The molecule has 0 unspecified atom stereocenters. The van der Waals surface area contributed by atoms with E-state index in [0.29, 0.717) is 12.0 Å². The van der Waals surface area contributed by atoms with E-state index < -0.39 is 7.12 Å². The number of benzene rings is 2. The van der Waals surface area contributed by atoms with E-state index in [-0.39, 0.29) is 0 Å². The zero-order chi connectivity index (χ0) is 14.5. The average molecular weight is 271 g/mol. The average Bonchev–Trinajstić information content (AvgIpc) is 2.47. The Labute approximate surface area is 119 Å². The topological polar surface area (TPSA) is 52.9 Å². The molecule has 0 atom stereocenters. The molecule has 2 aromatic carbocycles. The van der Waals surface area contributed by atoms with Crippen molar-refractivity contribution in [3.8, 4) is 5.75 Å². The van der Waals surface area contributed by atoms with Crippen LogP contribution in [-0.2, 0) is 6.54 Å². The largest absolute Gasteiger partial charge is 0.497 e. The van der Waals surface area contributed by atoms with Crippen LogP contribution in [0.5, 0.6) is 5.75 Å². The van der Waals surface area contributed by atoms with Crippen LogP contribution in [0.3, 0.4) is 0 Å². The van der Waals surface area contributed by atoms with Crippen LogP contribution in [0.2, 0.25) is 0 Å². The van der Waals surface area contributed by atoms with Gasteiger partial charge < -0.3 is 19.7 Å². The molecule has 0 saturated heterocycles. The first-order valence-corrected chi connectivity index (χ1v) is 6.41. The van der Waals surface area contributed by atoms with Crippen LogP contribution in [0, 0.1) is 0 Å². The first-order chi connectivity index (χ1) is 9.61. The minimum absolute atomic E-state index is 0.535. The second kappa shape index (κ2) is 6.46. The highest BCUT2D eigenvalue weighted by atomic mass is 16.5. The highest BCUT2D eigenvalue weighted by molar-refractivity contribution is 6.59. The van der Waals surface area contributed by atoms with E-state index in [0.717, 1.165) is 17.0 Å². The van der Waals surface area contributed by atoms with Gasteiger partial charge in [0, 0.05) is 19.3 Å². The second-order valence-corrected chi connectivity index (χ2v) is 4.63. The van der Waals surface area contributed by atoms with E-state index in [1.54, 1.807) is 19.2 Å². The number of rotatable bonds is 5. The van der Waals surface area contributed by atoms with E-state index >= 15 is 0 Å². The summed E-state index contributed by atoms with van der Waals surface area (Å²) >= 11 is 0. The molecule has 2 N–H and O–H groups in total. The van der Waals surface area contributed by atoms with Gasteiger partial charge in [-0.25, -0.2) is 0 Å². The first-order valence-electron chi connectivity index (χ1n) is 6.41. The zero-order valence-corrected chi connectivity index (χ0v) is 11.7. The van der Waals surface area contributed by atoms with Crippen molar-refractivity contribution >= 4 is 18.3 Å². The highest BCUT2D eigenvalue weighted by Crippen LogP contribution is 2.19. The quantitative estimate of drug-likeness (QED) is 0.797. The molecule has 0 radical (unpaired) electrons. The lowest BCUT2D eigenvalue weighted by Crippen LogP contribution is -2.35. The van der Waals surface area contributed by atoms with Gasteiger partial charge in [-0.15, -0.1) is 0 Å². The maximum absolute atomic E-state index is 9.38. The molecule has 0 amide bonds. The predicted octanol–water partition coefficient (Wildman–Crippen LogP) is 1.01. The Morgan fingerprint density at radius 3 is 2.30 bits per heavy atom. The third-order valence-electron chi connectivity index (χ3n) is 3.25. The molecular weight excluding hydrogens is 253 g/mol. The molecule has 0 saturated carbocycles. The number of anilines is 1. The molecule has 5 heteroatoms. The molecule has 0 aromatic heterocycles. The molecule has 0 aliphatic carbocycles. The lowest BCUT2D eigenvalue weighted by molar-refractivity contribution is 0.415. The van der Waals surface area contributed by atoms with Gasteiger partial charge in [-0.2, -0.15) is 0 Å². The molecular formula is C15H18BNO3. The van der Waals surface area contributed by atoms with Crippen molar-refractivity contribution in [1.29, 1.82) is 0 Å². The standard InChI is InChI=1S/C15H18BNO3/c1-17(13-7-9-14(20-2)10-8-13)11-12-5-3-4-6-15(12)16(18)19/h3-10,18-19H,11H2,1-2H3. The zero-order valence-electron chi connectivity index (χ0n) is 11.7. The van der Waals surface area contributed by atoms with E-state index in [9.17, 15) is 10.0 Å². The molecule has 2 rings (SSSR count). The number of nitrogens with zero attached hydrogens (tertiary/aromatic N) is 1. The van der Waals surface area contributed by atoms with Crippen LogP contribution >= 0.6 is 0 Å². The Hall–Kier alpha value is -1.98. The van der Waals surface area contributed by atoms with Crippen LogP contribution in [0.25, 0.3) is 0 Å². The Morgan fingerprint density at radius 2 is 1.70 bits per heavy atom. The summed E-state index contributed by atoms with van der Waals surface area (Å²) in [6.45, 7) is 0.597. The van der Waals surface area contributed by atoms with Gasteiger partial charge >= 0.3 is 7.12 Å². The van der Waals surface area contributed by atoms with E-state index in [4.69, 9.17) is 4.74 Å². The third-order valence-corrected chi connectivity index (χ3v) is 3.25. The molecule has 0 spiro atoms. The fourth-order valence-corrected chi connectivity index (χ4v) is 2.11. The third kappa shape index (κ3) is 3.32. The van der Waals surface area contributed by atoms with Gasteiger partial charge in [-0.1, -0.05) is 24.3 Å². The van der Waals surface area contributed by atoms with Crippen LogP contribution < -0.4 is 15.1 Å². The summed E-state index contributed by atoms with van der Waals surface area (Å²) in [5.74, 6) is 0.813. The number of methoxy groups -OCH3 is 1. The van der Waals surface area contributed by atoms with Crippen LogP contribution in [0.4, 0.5) is 5.69 Å². The number of hydrogen-bond donors (Lipinski definition) is 2. The Morgan fingerprint density at radius 1 is 1.05 bits per heavy atom. The molecule has 0 aliphatic rings. The molecule has 0 fully saturated rings. The summed E-state index contributed by atoms with van der Waals surface area (Å²) in [5, 5.41) is 18.8. The van der Waals surface area contributed by atoms with Crippen molar-refractivity contribution in [3.63, 3.8) is 0 Å². The summed E-state index contributed by atoms with van der Waals surface area (Å²) in [4.78, 5) is 2.04. The second-order valence-electron chi connectivity index (χ2n) is 4.63. The molecule has 2 aromatic rings. The van der Waals surface area contributed by atoms with Gasteiger partial charge in [0.25, 0.3) is 0 Å². The van der Waals surface area contributed by atoms with Gasteiger partial charge in [0.15, 0.2) is 0 Å². The Balaban J connectivity index is 2.16. The maximum atomic E-state index is 9.38. The lowest BCUT2D eigenvalue weighted by Gasteiger charge is -2.21. The minimum Gasteiger partial charge on any atom is -0.497 e. The summed E-state index contributed by atoms with van der Waals surface area (Å²) in [6.07, 6.45) is 0. The summed E-state index contributed by atoms with van der Waals surface area (Å²) in [6, 6.07) is 15.1. The molecule has 104 valence electrons. The maximum Gasteiger partial charge on any atom is 0.488 e. The fraction of sp³-hybridized carbons (Fsp3) is 0.200. The summed E-state index contributed by atoms with van der Waals surface area (Å²) < 4.78 is 5.13. The Bertz CT molecular complexity index is 557. The van der Waals surface area contributed by atoms with E-state index in [1.807, 2.05) is 48.3 Å². The summed E-state index contributed by atoms with van der Waals surface area (Å²) in [5.41, 5.74) is 2.46. The van der Waals surface area contributed by atoms with Crippen molar-refractivity contribution in [2.45, 2.75) is 6.54 Å². The predicted molar refractivity (Wildman–Crippen MR) is 81.4 cm³/mol. The van der Waals surface area contributed by atoms with Crippen LogP contribution in [0.15, 0.2) is 48.5 Å². The van der Waals surface area contributed by atoms with Crippen molar-refractivity contribution in [2.75, 3.05) is 19.1 Å². The summed E-state index contributed by atoms with van der Waals surface area (Å²) in [7, 11) is 2.15. The molecule has 20 heavy (non-hydrogen) atoms. The Kier molecular flexibility index (Phi) is 4.66. The van der Waals surface area contributed by atoms with Gasteiger partial charge in [-0.05, 0) is 35.3 Å². The molecule has 0 bridgehead atoms. The van der Waals surface area contributed by atoms with Crippen molar-refractivity contribution in [1.82, 2.24) is 0 Å².